The Kier molecular flexibility index (Phi) is 12.3. The summed E-state index contributed by atoms with van der Waals surface area (Å²) < 4.78 is 6.65. The second-order valence-corrected chi connectivity index (χ2v) is 18.3. The molecular weight excluding hydrogens is 728 g/mol. The number of nitrogens with zero attached hydrogens (tertiary/aromatic N) is 3. The summed E-state index contributed by atoms with van der Waals surface area (Å²) in [6.07, 6.45) is 12.5. The van der Waals surface area contributed by atoms with E-state index >= 15 is 0 Å². The third-order valence-electron chi connectivity index (χ3n) is 14.0. The molecule has 3 atom stereocenters. The van der Waals surface area contributed by atoms with E-state index in [0.717, 1.165) is 89.2 Å². The SMILES string of the molecule is C[C@@H](COc1ccnc2c1[C@H](C)CCC2)C[C@H]1Cc2ccc(CN3CCN(CCCc4ccccc4)CC3)cc2C12CCC(Nc1cccc(Cl)c1)(C(=O)O)CC2. The summed E-state index contributed by atoms with van der Waals surface area (Å²) in [6.45, 7) is 11.8. The van der Waals surface area contributed by atoms with Gasteiger partial charge in [0, 0.05) is 60.9 Å². The van der Waals surface area contributed by atoms with Crippen molar-refractivity contribution in [1.29, 1.82) is 0 Å². The number of hydrogen-bond donors (Lipinski definition) is 2. The molecule has 2 N–H and O–H groups in total. The van der Waals surface area contributed by atoms with Gasteiger partial charge in [-0.15, -0.1) is 0 Å². The first-order chi connectivity index (χ1) is 27.7. The van der Waals surface area contributed by atoms with E-state index in [2.05, 4.69) is 83.6 Å². The van der Waals surface area contributed by atoms with Gasteiger partial charge >= 0.3 is 5.97 Å². The first kappa shape index (κ1) is 39.9. The molecule has 1 aromatic heterocycles. The number of halogens is 1. The molecule has 1 spiro atoms. The number of hydrogen-bond acceptors (Lipinski definition) is 6. The first-order valence-corrected chi connectivity index (χ1v) is 22.1. The summed E-state index contributed by atoms with van der Waals surface area (Å²) in [4.78, 5) is 23.1. The fraction of sp³-hybridized carbons (Fsp3) is 0.510. The van der Waals surface area contributed by atoms with Crippen LogP contribution in [-0.2, 0) is 36.0 Å². The average Bonchev–Trinajstić information content (AvgIpc) is 3.50. The average molecular weight is 790 g/mol. The number of fused-ring (bicyclic) bond motifs is 3. The highest BCUT2D eigenvalue weighted by atomic mass is 35.5. The lowest BCUT2D eigenvalue weighted by molar-refractivity contribution is -0.144. The maximum Gasteiger partial charge on any atom is 0.329 e. The number of aliphatic carboxylic acids is 1. The molecule has 302 valence electrons. The lowest BCUT2D eigenvalue weighted by Gasteiger charge is -2.47. The molecule has 8 rings (SSSR count). The van der Waals surface area contributed by atoms with Crippen LogP contribution >= 0.6 is 11.6 Å². The second kappa shape index (κ2) is 17.5. The summed E-state index contributed by atoms with van der Waals surface area (Å²) in [6, 6.07) is 27.7. The number of carbonyl (C=O) groups is 1. The maximum absolute atomic E-state index is 13.1. The van der Waals surface area contributed by atoms with Crippen LogP contribution in [0, 0.1) is 11.8 Å². The van der Waals surface area contributed by atoms with Crippen molar-refractivity contribution in [3.63, 3.8) is 0 Å². The lowest BCUT2D eigenvalue weighted by Crippen LogP contribution is -2.53. The summed E-state index contributed by atoms with van der Waals surface area (Å²) in [5.41, 5.74) is 7.89. The predicted molar refractivity (Wildman–Crippen MR) is 231 cm³/mol. The molecule has 8 heteroatoms. The number of rotatable bonds is 14. The smallest absolute Gasteiger partial charge is 0.329 e. The van der Waals surface area contributed by atoms with Crippen LogP contribution in [0.3, 0.4) is 0 Å². The van der Waals surface area contributed by atoms with Crippen molar-refractivity contribution in [3.05, 3.63) is 124 Å². The zero-order chi connectivity index (χ0) is 39.4. The molecule has 7 nitrogen and oxygen atoms in total. The number of carboxylic acids is 1. The number of anilines is 1. The van der Waals surface area contributed by atoms with E-state index in [1.165, 1.54) is 52.8 Å². The Morgan fingerprint density at radius 1 is 0.965 bits per heavy atom. The van der Waals surface area contributed by atoms with E-state index in [9.17, 15) is 9.90 Å². The molecule has 0 bridgehead atoms. The van der Waals surface area contributed by atoms with Crippen LogP contribution in [0.25, 0.3) is 0 Å². The Morgan fingerprint density at radius 2 is 1.75 bits per heavy atom. The van der Waals surface area contributed by atoms with Gasteiger partial charge in [-0.25, -0.2) is 4.79 Å². The first-order valence-electron chi connectivity index (χ1n) is 21.7. The van der Waals surface area contributed by atoms with Crippen LogP contribution in [-0.4, -0.2) is 70.7 Å². The zero-order valence-corrected chi connectivity index (χ0v) is 34.8. The van der Waals surface area contributed by atoms with E-state index in [1.807, 2.05) is 30.5 Å². The fourth-order valence-electron chi connectivity index (χ4n) is 10.8. The summed E-state index contributed by atoms with van der Waals surface area (Å²) in [5.74, 6) is 1.47. The van der Waals surface area contributed by atoms with Gasteiger partial charge < -0.3 is 20.1 Å². The Bertz CT molecular complexity index is 1990. The zero-order valence-electron chi connectivity index (χ0n) is 34.0. The fourth-order valence-corrected chi connectivity index (χ4v) is 11.0. The molecule has 0 unspecified atom stereocenters. The minimum absolute atomic E-state index is 0.0731. The van der Waals surface area contributed by atoms with Gasteiger partial charge in [-0.05, 0) is 147 Å². The number of pyridine rings is 1. The van der Waals surface area contributed by atoms with E-state index < -0.39 is 11.5 Å². The van der Waals surface area contributed by atoms with Gasteiger partial charge in [-0.3, -0.25) is 9.88 Å². The summed E-state index contributed by atoms with van der Waals surface area (Å²) >= 11 is 6.34. The molecule has 4 aliphatic rings. The Labute approximate surface area is 345 Å². The van der Waals surface area contributed by atoms with Crippen LogP contribution in [0.1, 0.15) is 105 Å². The van der Waals surface area contributed by atoms with E-state index in [-0.39, 0.29) is 5.41 Å². The van der Waals surface area contributed by atoms with Gasteiger partial charge in [-0.2, -0.15) is 0 Å². The van der Waals surface area contributed by atoms with Crippen molar-refractivity contribution in [2.75, 3.05) is 44.6 Å². The lowest BCUT2D eigenvalue weighted by atomic mass is 9.59. The normalized spacial score (nSPS) is 25.5. The highest BCUT2D eigenvalue weighted by molar-refractivity contribution is 6.30. The molecule has 0 radical (unpaired) electrons. The quantitative estimate of drug-likeness (QED) is 0.132. The Morgan fingerprint density at radius 3 is 2.53 bits per heavy atom. The Balaban J connectivity index is 0.969. The standard InChI is InChI=1S/C49H61ClN4O3/c1-35(34-57-45-18-23-51-44-15-6-9-36(2)46(44)45)29-40-31-39-17-16-38(33-54-27-25-53(26-28-54)24-8-12-37-10-4-3-5-11-37)30-43(39)48(40)19-21-49(22-20-48,47(55)56)52-42-14-7-13-41(50)32-42/h3-5,7,10-11,13-14,16-18,23,30,32,35-36,40,52H,6,8-9,12,15,19-22,24-29,31,33-34H2,1-2H3,(H,55,56)/t35-,36-,40+,48?,49?/m1/s1. The molecule has 1 saturated carbocycles. The van der Waals surface area contributed by atoms with Crippen LogP contribution in [0.4, 0.5) is 5.69 Å². The minimum Gasteiger partial charge on any atom is -0.493 e. The molecule has 2 heterocycles. The summed E-state index contributed by atoms with van der Waals surface area (Å²) in [7, 11) is 0. The van der Waals surface area contributed by atoms with Crippen molar-refractivity contribution in [3.8, 4) is 5.75 Å². The van der Waals surface area contributed by atoms with Crippen LogP contribution in [0.2, 0.25) is 5.02 Å². The van der Waals surface area contributed by atoms with Crippen molar-refractivity contribution >= 4 is 23.3 Å². The van der Waals surface area contributed by atoms with Crippen molar-refractivity contribution in [1.82, 2.24) is 14.8 Å². The molecule has 3 aromatic carbocycles. The second-order valence-electron chi connectivity index (χ2n) is 17.9. The highest BCUT2D eigenvalue weighted by Gasteiger charge is 2.54. The van der Waals surface area contributed by atoms with Gasteiger partial charge in [0.15, 0.2) is 0 Å². The van der Waals surface area contributed by atoms with Crippen LogP contribution in [0.5, 0.6) is 5.75 Å². The predicted octanol–water partition coefficient (Wildman–Crippen LogP) is 9.95. The molecule has 1 saturated heterocycles. The third-order valence-corrected chi connectivity index (χ3v) is 14.2. The number of piperazine rings is 1. The van der Waals surface area contributed by atoms with Gasteiger partial charge in [0.2, 0.25) is 0 Å². The van der Waals surface area contributed by atoms with E-state index in [4.69, 9.17) is 21.3 Å². The molecule has 1 aliphatic heterocycles. The summed E-state index contributed by atoms with van der Waals surface area (Å²) in [5, 5.41) is 14.8. The van der Waals surface area contributed by atoms with Gasteiger partial charge in [0.05, 0.1) is 6.61 Å². The van der Waals surface area contributed by atoms with Crippen LogP contribution in [0.15, 0.2) is 85.1 Å². The number of benzene rings is 3. The molecule has 0 amide bonds. The van der Waals surface area contributed by atoms with Gasteiger partial charge in [-0.1, -0.05) is 80.0 Å². The molecule has 4 aromatic rings. The van der Waals surface area contributed by atoms with E-state index in [1.54, 1.807) is 0 Å². The van der Waals surface area contributed by atoms with Crippen molar-refractivity contribution < 1.29 is 14.6 Å². The molecule has 57 heavy (non-hydrogen) atoms. The van der Waals surface area contributed by atoms with Crippen molar-refractivity contribution in [2.24, 2.45) is 11.8 Å². The highest BCUT2D eigenvalue weighted by Crippen LogP contribution is 2.56. The monoisotopic (exact) mass is 788 g/mol. The van der Waals surface area contributed by atoms with E-state index in [0.29, 0.717) is 42.2 Å². The number of aromatic nitrogens is 1. The molecule has 3 aliphatic carbocycles. The Hall–Kier alpha value is -3.91. The molecule has 2 fully saturated rings. The number of carboxylic acid groups (broad SMARTS) is 1. The topological polar surface area (TPSA) is 77.9 Å². The minimum atomic E-state index is -1.03. The van der Waals surface area contributed by atoms with Crippen molar-refractivity contribution in [2.45, 2.75) is 108 Å². The maximum atomic E-state index is 13.1. The largest absolute Gasteiger partial charge is 0.493 e. The van der Waals surface area contributed by atoms with Gasteiger partial charge in [0.1, 0.15) is 11.3 Å². The number of nitrogens with one attached hydrogen (secondary N) is 1. The number of ether oxygens (including phenoxy) is 1. The number of aryl methyl sites for hydroxylation is 2. The van der Waals surface area contributed by atoms with Gasteiger partial charge in [0.25, 0.3) is 0 Å². The third kappa shape index (κ3) is 8.91. The van der Waals surface area contributed by atoms with Crippen LogP contribution < -0.4 is 10.1 Å². The molecular formula is C49H61ClN4O3.